The Labute approximate surface area is 103 Å². The van der Waals surface area contributed by atoms with Gasteiger partial charge < -0.3 is 10.3 Å². The summed E-state index contributed by atoms with van der Waals surface area (Å²) in [5.74, 6) is 4.71. The Hall–Kier alpha value is -0.990. The molecule has 1 heterocycles. The molecule has 0 amide bonds. The van der Waals surface area contributed by atoms with Crippen molar-refractivity contribution in [3.05, 3.63) is 11.3 Å². The predicted molar refractivity (Wildman–Crippen MR) is 67.6 cm³/mol. The topological polar surface area (TPSA) is 52.0 Å². The molecule has 0 aliphatic heterocycles. The standard InChI is InChI=1S/C14H22N2O/c1-8(2)5-12-13(17-16-14(12)15)11-7-9-3-4-10(11)6-9/h8-11H,3-7H2,1-2H3,(H2,15,16). The van der Waals surface area contributed by atoms with Crippen LogP contribution in [-0.2, 0) is 6.42 Å². The van der Waals surface area contributed by atoms with E-state index in [1.54, 1.807) is 0 Å². The molecule has 17 heavy (non-hydrogen) atoms. The molecule has 94 valence electrons. The highest BCUT2D eigenvalue weighted by atomic mass is 16.5. The van der Waals surface area contributed by atoms with Crippen molar-refractivity contribution in [3.63, 3.8) is 0 Å². The van der Waals surface area contributed by atoms with Crippen molar-refractivity contribution in [2.75, 3.05) is 5.73 Å². The largest absolute Gasteiger partial charge is 0.381 e. The quantitative estimate of drug-likeness (QED) is 0.872. The molecule has 2 aliphatic rings. The van der Waals surface area contributed by atoms with Crippen molar-refractivity contribution in [2.24, 2.45) is 17.8 Å². The van der Waals surface area contributed by atoms with E-state index in [-0.39, 0.29) is 0 Å². The Kier molecular flexibility index (Phi) is 2.64. The third-order valence-corrected chi connectivity index (χ3v) is 4.54. The van der Waals surface area contributed by atoms with Crippen molar-refractivity contribution in [1.82, 2.24) is 5.16 Å². The van der Waals surface area contributed by atoms with E-state index >= 15 is 0 Å². The lowest BCUT2D eigenvalue weighted by Gasteiger charge is -2.20. The van der Waals surface area contributed by atoms with E-state index in [0.717, 1.165) is 24.0 Å². The smallest absolute Gasteiger partial charge is 0.170 e. The van der Waals surface area contributed by atoms with Gasteiger partial charge in [-0.05, 0) is 43.4 Å². The zero-order valence-corrected chi connectivity index (χ0v) is 10.8. The number of aromatic nitrogens is 1. The van der Waals surface area contributed by atoms with Gasteiger partial charge in [-0.2, -0.15) is 0 Å². The van der Waals surface area contributed by atoms with Crippen LogP contribution in [0, 0.1) is 17.8 Å². The highest BCUT2D eigenvalue weighted by Crippen LogP contribution is 2.53. The number of nitrogens with zero attached hydrogens (tertiary/aromatic N) is 1. The Morgan fingerprint density at radius 1 is 1.35 bits per heavy atom. The van der Waals surface area contributed by atoms with Crippen molar-refractivity contribution in [1.29, 1.82) is 0 Å². The van der Waals surface area contributed by atoms with E-state index in [0.29, 0.717) is 17.7 Å². The van der Waals surface area contributed by atoms with Gasteiger partial charge in [0, 0.05) is 11.5 Å². The van der Waals surface area contributed by atoms with Crippen LogP contribution in [0.15, 0.2) is 4.52 Å². The minimum absolute atomic E-state index is 0.604. The third-order valence-electron chi connectivity index (χ3n) is 4.54. The maximum absolute atomic E-state index is 5.95. The SMILES string of the molecule is CC(C)Cc1c(N)noc1C1CC2CCC1C2. The first-order valence-corrected chi connectivity index (χ1v) is 6.89. The minimum atomic E-state index is 0.604. The average molecular weight is 234 g/mol. The first-order chi connectivity index (χ1) is 8.15. The molecule has 1 aromatic rings. The van der Waals surface area contributed by atoms with Gasteiger partial charge in [-0.15, -0.1) is 0 Å². The lowest BCUT2D eigenvalue weighted by atomic mass is 9.84. The fourth-order valence-corrected chi connectivity index (χ4v) is 3.81. The first kappa shape index (κ1) is 11.1. The summed E-state index contributed by atoms with van der Waals surface area (Å²) >= 11 is 0. The molecule has 3 nitrogen and oxygen atoms in total. The van der Waals surface area contributed by atoms with Gasteiger partial charge in [-0.1, -0.05) is 25.4 Å². The molecular formula is C14H22N2O. The molecule has 2 bridgehead atoms. The van der Waals surface area contributed by atoms with Crippen LogP contribution in [0.2, 0.25) is 0 Å². The van der Waals surface area contributed by atoms with Crippen molar-refractivity contribution < 1.29 is 4.52 Å². The van der Waals surface area contributed by atoms with Gasteiger partial charge in [0.25, 0.3) is 0 Å². The molecule has 2 saturated carbocycles. The van der Waals surface area contributed by atoms with Gasteiger partial charge in [0.15, 0.2) is 5.82 Å². The third kappa shape index (κ3) is 1.85. The molecular weight excluding hydrogens is 212 g/mol. The summed E-state index contributed by atoms with van der Waals surface area (Å²) in [7, 11) is 0. The fourth-order valence-electron chi connectivity index (χ4n) is 3.81. The molecule has 0 spiro atoms. The van der Waals surface area contributed by atoms with E-state index in [2.05, 4.69) is 19.0 Å². The van der Waals surface area contributed by atoms with E-state index in [9.17, 15) is 0 Å². The van der Waals surface area contributed by atoms with Crippen LogP contribution in [0.4, 0.5) is 5.82 Å². The second kappa shape index (κ2) is 4.04. The van der Waals surface area contributed by atoms with Crippen LogP contribution in [0.1, 0.15) is 56.8 Å². The zero-order chi connectivity index (χ0) is 12.0. The maximum atomic E-state index is 5.95. The van der Waals surface area contributed by atoms with Crippen LogP contribution >= 0.6 is 0 Å². The van der Waals surface area contributed by atoms with Gasteiger partial charge in [0.2, 0.25) is 0 Å². The monoisotopic (exact) mass is 234 g/mol. The van der Waals surface area contributed by atoms with Gasteiger partial charge in [-0.25, -0.2) is 0 Å². The summed E-state index contributed by atoms with van der Waals surface area (Å²) in [6, 6.07) is 0. The van der Waals surface area contributed by atoms with Crippen LogP contribution < -0.4 is 5.73 Å². The number of nitrogens with two attached hydrogens (primary N) is 1. The highest BCUT2D eigenvalue weighted by Gasteiger charge is 2.43. The normalized spacial score (nSPS) is 31.6. The molecule has 2 N–H and O–H groups in total. The Morgan fingerprint density at radius 3 is 2.76 bits per heavy atom. The molecule has 2 aliphatic carbocycles. The van der Waals surface area contributed by atoms with E-state index in [1.807, 2.05) is 0 Å². The lowest BCUT2D eigenvalue weighted by Crippen LogP contribution is -2.11. The molecule has 3 atom stereocenters. The van der Waals surface area contributed by atoms with Crippen LogP contribution in [0.25, 0.3) is 0 Å². The molecule has 2 fully saturated rings. The summed E-state index contributed by atoms with van der Waals surface area (Å²) < 4.78 is 5.56. The number of hydrogen-bond donors (Lipinski definition) is 1. The van der Waals surface area contributed by atoms with Gasteiger partial charge in [0.05, 0.1) is 0 Å². The number of nitrogen functional groups attached to an aromatic ring is 1. The first-order valence-electron chi connectivity index (χ1n) is 6.89. The number of hydrogen-bond acceptors (Lipinski definition) is 3. The van der Waals surface area contributed by atoms with Gasteiger partial charge >= 0.3 is 0 Å². The summed E-state index contributed by atoms with van der Waals surface area (Å²) in [4.78, 5) is 0. The molecule has 0 radical (unpaired) electrons. The van der Waals surface area contributed by atoms with Crippen molar-refractivity contribution >= 4 is 5.82 Å². The number of fused-ring (bicyclic) bond motifs is 2. The van der Waals surface area contributed by atoms with E-state index < -0.39 is 0 Å². The highest BCUT2D eigenvalue weighted by molar-refractivity contribution is 5.42. The maximum Gasteiger partial charge on any atom is 0.170 e. The average Bonchev–Trinajstić information content (AvgIpc) is 2.94. The zero-order valence-electron chi connectivity index (χ0n) is 10.8. The second-order valence-electron chi connectivity index (χ2n) is 6.29. The number of rotatable bonds is 3. The lowest BCUT2D eigenvalue weighted by molar-refractivity contribution is 0.308. The summed E-state index contributed by atoms with van der Waals surface area (Å²) in [5, 5.41) is 4.00. The fraction of sp³-hybridized carbons (Fsp3) is 0.786. The molecule has 3 unspecified atom stereocenters. The minimum Gasteiger partial charge on any atom is -0.381 e. The molecule has 0 saturated heterocycles. The molecule has 3 rings (SSSR count). The van der Waals surface area contributed by atoms with Gasteiger partial charge in [-0.3, -0.25) is 0 Å². The second-order valence-corrected chi connectivity index (χ2v) is 6.29. The predicted octanol–water partition coefficient (Wildman–Crippen LogP) is 3.36. The molecule has 0 aromatic carbocycles. The molecule has 3 heteroatoms. The van der Waals surface area contributed by atoms with E-state index in [1.165, 1.54) is 31.2 Å². The Bertz CT molecular complexity index is 410. The summed E-state index contributed by atoms with van der Waals surface area (Å²) in [5.41, 5.74) is 7.14. The van der Waals surface area contributed by atoms with E-state index in [4.69, 9.17) is 10.3 Å². The van der Waals surface area contributed by atoms with Crippen molar-refractivity contribution in [2.45, 2.75) is 51.9 Å². The van der Waals surface area contributed by atoms with Crippen LogP contribution in [-0.4, -0.2) is 5.16 Å². The van der Waals surface area contributed by atoms with Crippen LogP contribution in [0.3, 0.4) is 0 Å². The number of anilines is 1. The summed E-state index contributed by atoms with van der Waals surface area (Å²) in [6.07, 6.45) is 6.48. The molecule has 1 aromatic heterocycles. The van der Waals surface area contributed by atoms with Crippen LogP contribution in [0.5, 0.6) is 0 Å². The Balaban J connectivity index is 1.87. The van der Waals surface area contributed by atoms with Gasteiger partial charge in [0.1, 0.15) is 5.76 Å². The Morgan fingerprint density at radius 2 is 2.18 bits per heavy atom. The van der Waals surface area contributed by atoms with Crippen molar-refractivity contribution in [3.8, 4) is 0 Å². The summed E-state index contributed by atoms with van der Waals surface area (Å²) in [6.45, 7) is 4.44.